The van der Waals surface area contributed by atoms with E-state index in [1.165, 1.54) is 6.08 Å². The second-order valence-electron chi connectivity index (χ2n) is 6.60. The zero-order valence-electron chi connectivity index (χ0n) is 16.7. The van der Waals surface area contributed by atoms with Gasteiger partial charge in [-0.25, -0.2) is 4.79 Å². The zero-order chi connectivity index (χ0) is 23.4. The van der Waals surface area contributed by atoms with Crippen molar-refractivity contribution in [2.45, 2.75) is 0 Å². The molecule has 0 bridgehead atoms. The van der Waals surface area contributed by atoms with E-state index in [4.69, 9.17) is 9.47 Å². The lowest BCUT2D eigenvalue weighted by Gasteiger charge is -2.07. The van der Waals surface area contributed by atoms with Crippen LogP contribution in [0.25, 0.3) is 6.08 Å². The van der Waals surface area contributed by atoms with Gasteiger partial charge in [-0.2, -0.15) is 0 Å². The van der Waals surface area contributed by atoms with Gasteiger partial charge in [0.1, 0.15) is 5.70 Å². The third-order valence-corrected chi connectivity index (χ3v) is 4.36. The molecule has 166 valence electrons. The molecule has 0 atom stereocenters. The fourth-order valence-electron chi connectivity index (χ4n) is 2.81. The molecule has 2 aromatic carbocycles. The minimum Gasteiger partial charge on any atom is -0.493 e. The van der Waals surface area contributed by atoms with E-state index in [-0.39, 0.29) is 18.1 Å². The normalized spacial score (nSPS) is 12.7. The quantitative estimate of drug-likeness (QED) is 0.338. The summed E-state index contributed by atoms with van der Waals surface area (Å²) in [5.74, 6) is -1.50. The van der Waals surface area contributed by atoms with Crippen LogP contribution in [0.1, 0.15) is 15.9 Å². The second-order valence-corrected chi connectivity index (χ2v) is 6.60. The highest BCUT2D eigenvalue weighted by molar-refractivity contribution is 6.05. The third kappa shape index (κ3) is 4.85. The average molecular weight is 449 g/mol. The first-order valence-electron chi connectivity index (χ1n) is 9.40. The van der Waals surface area contributed by atoms with Crippen LogP contribution in [0, 0.1) is 0 Å². The molecule has 0 unspecified atom stereocenters. The van der Waals surface area contributed by atoms with Crippen LogP contribution in [0.4, 0.5) is 5.69 Å². The fraction of sp³-hybridized carbons (Fsp3) is 0.0476. The molecule has 12 heteroatoms. The summed E-state index contributed by atoms with van der Waals surface area (Å²) >= 11 is 0. The van der Waals surface area contributed by atoms with Gasteiger partial charge in [0, 0.05) is 5.56 Å². The van der Waals surface area contributed by atoms with Crippen molar-refractivity contribution in [2.24, 2.45) is 10.2 Å². The number of hydrogen-bond acceptors (Lipinski definition) is 8. The van der Waals surface area contributed by atoms with E-state index < -0.39 is 34.6 Å². The maximum atomic E-state index is 12.7. The molecule has 12 nitrogen and oxygen atoms in total. The molecule has 0 saturated heterocycles. The number of aromatic hydroxyl groups is 1. The summed E-state index contributed by atoms with van der Waals surface area (Å²) in [6.45, 7) is 0.0600. The number of carbonyl (C=O) groups is 2. The Morgan fingerprint density at radius 3 is 2.55 bits per heavy atom. The molecule has 4 N–H and O–H groups in total. The molecule has 1 aliphatic rings. The van der Waals surface area contributed by atoms with Gasteiger partial charge in [-0.05, 0) is 35.9 Å². The number of nitrogens with zero attached hydrogens (tertiary/aromatic N) is 2. The van der Waals surface area contributed by atoms with E-state index in [2.05, 4.69) is 15.5 Å². The molecule has 0 saturated carbocycles. The topological polar surface area (TPSA) is 175 Å². The molecule has 1 aromatic heterocycles. The minimum atomic E-state index is -1.05. The van der Waals surface area contributed by atoms with Crippen LogP contribution >= 0.6 is 0 Å². The maximum Gasteiger partial charge on any atom is 0.328 e. The van der Waals surface area contributed by atoms with Crippen LogP contribution in [0.5, 0.6) is 17.4 Å². The largest absolute Gasteiger partial charge is 0.493 e. The summed E-state index contributed by atoms with van der Waals surface area (Å²) in [6, 6.07) is 13.0. The van der Waals surface area contributed by atoms with E-state index >= 15 is 0 Å². The highest BCUT2D eigenvalue weighted by atomic mass is 16.7. The van der Waals surface area contributed by atoms with Gasteiger partial charge in [-0.15, -0.1) is 10.2 Å². The Kier molecular flexibility index (Phi) is 5.80. The number of amides is 2. The lowest BCUT2D eigenvalue weighted by Crippen LogP contribution is -2.26. The minimum absolute atomic E-state index is 0.0600. The Morgan fingerprint density at radius 2 is 1.79 bits per heavy atom. The predicted octanol–water partition coefficient (Wildman–Crippen LogP) is 1.58. The molecule has 2 heterocycles. The first-order valence-corrected chi connectivity index (χ1v) is 9.40. The van der Waals surface area contributed by atoms with Crippen molar-refractivity contribution in [3.8, 4) is 17.4 Å². The molecular weight excluding hydrogens is 434 g/mol. The Labute approximate surface area is 184 Å². The van der Waals surface area contributed by atoms with Crippen molar-refractivity contribution >= 4 is 23.6 Å². The molecule has 3 aromatic rings. The highest BCUT2D eigenvalue weighted by Gasteiger charge is 2.17. The molecule has 0 fully saturated rings. The Bertz CT molecular complexity index is 1410. The number of rotatable bonds is 5. The molecule has 33 heavy (non-hydrogen) atoms. The van der Waals surface area contributed by atoms with Gasteiger partial charge >= 0.3 is 11.6 Å². The first kappa shape index (κ1) is 21.2. The number of nitrogens with one attached hydrogen (secondary N) is 3. The van der Waals surface area contributed by atoms with Crippen LogP contribution < -0.4 is 26.0 Å². The molecule has 2 amide bonds. The summed E-state index contributed by atoms with van der Waals surface area (Å²) in [5.41, 5.74) is -2.19. The summed E-state index contributed by atoms with van der Waals surface area (Å²) in [5, 5.41) is 19.0. The van der Waals surface area contributed by atoms with E-state index in [9.17, 15) is 24.3 Å². The molecule has 0 aliphatic carbocycles. The number of carbonyl (C=O) groups excluding carboxylic acids is 2. The molecular formula is C21H15N5O7. The summed E-state index contributed by atoms with van der Waals surface area (Å²) in [6.07, 6.45) is 1.33. The summed E-state index contributed by atoms with van der Waals surface area (Å²) in [4.78, 5) is 52.1. The van der Waals surface area contributed by atoms with Crippen molar-refractivity contribution in [1.29, 1.82) is 0 Å². The van der Waals surface area contributed by atoms with Gasteiger partial charge < -0.3 is 19.9 Å². The first-order chi connectivity index (χ1) is 15.9. The summed E-state index contributed by atoms with van der Waals surface area (Å²) in [7, 11) is 0. The number of H-pyrrole nitrogens is 2. The predicted molar refractivity (Wildman–Crippen MR) is 113 cm³/mol. The zero-order valence-corrected chi connectivity index (χ0v) is 16.7. The number of hydrogen-bond donors (Lipinski definition) is 4. The monoisotopic (exact) mass is 449 g/mol. The van der Waals surface area contributed by atoms with Crippen LogP contribution in [0.15, 0.2) is 74.0 Å². The highest BCUT2D eigenvalue weighted by Crippen LogP contribution is 2.33. The van der Waals surface area contributed by atoms with Gasteiger partial charge in [-0.3, -0.25) is 24.4 Å². The van der Waals surface area contributed by atoms with E-state index in [1.807, 2.05) is 9.97 Å². The van der Waals surface area contributed by atoms with Gasteiger partial charge in [0.2, 0.25) is 18.4 Å². The Hall–Kier alpha value is -5.00. The number of aromatic nitrogens is 2. The number of ether oxygens (including phenoxy) is 2. The van der Waals surface area contributed by atoms with Crippen molar-refractivity contribution in [3.63, 3.8) is 0 Å². The SMILES string of the molecule is O=C(N=Nc1c(O)[nH]c(=O)[nH]c1=O)/C(=C\c1ccc2c(c1)OCO2)NC(=O)c1ccccc1. The second kappa shape index (κ2) is 9.01. The average Bonchev–Trinajstić information content (AvgIpc) is 3.26. The van der Waals surface area contributed by atoms with Crippen LogP contribution in [-0.2, 0) is 4.79 Å². The van der Waals surface area contributed by atoms with Crippen molar-refractivity contribution in [3.05, 3.63) is 86.2 Å². The Morgan fingerprint density at radius 1 is 1.03 bits per heavy atom. The lowest BCUT2D eigenvalue weighted by molar-refractivity contribution is -0.115. The van der Waals surface area contributed by atoms with E-state index in [0.29, 0.717) is 17.1 Å². The third-order valence-electron chi connectivity index (χ3n) is 4.36. The van der Waals surface area contributed by atoms with Crippen LogP contribution in [-0.4, -0.2) is 33.7 Å². The number of azo groups is 1. The molecule has 0 radical (unpaired) electrons. The fourth-order valence-corrected chi connectivity index (χ4v) is 2.81. The van der Waals surface area contributed by atoms with Gasteiger partial charge in [-0.1, -0.05) is 24.3 Å². The van der Waals surface area contributed by atoms with Crippen molar-refractivity contribution in [2.75, 3.05) is 6.79 Å². The van der Waals surface area contributed by atoms with Gasteiger partial charge in [0.15, 0.2) is 11.5 Å². The number of fused-ring (bicyclic) bond motifs is 1. The van der Waals surface area contributed by atoms with E-state index in [0.717, 1.165) is 0 Å². The summed E-state index contributed by atoms with van der Waals surface area (Å²) < 4.78 is 10.6. The number of benzene rings is 2. The van der Waals surface area contributed by atoms with Gasteiger partial charge in [0.05, 0.1) is 0 Å². The Balaban J connectivity index is 1.67. The van der Waals surface area contributed by atoms with Crippen LogP contribution in [0.3, 0.4) is 0 Å². The smallest absolute Gasteiger partial charge is 0.328 e. The molecule has 0 spiro atoms. The standard InChI is InChI=1S/C21H15N5O7/c27-17(12-4-2-1-3-5-12)22-13(8-11-6-7-14-15(9-11)33-10-32-14)18(28)26-25-16-19(29)23-21(31)24-20(16)30/h1-9H,10H2,(H,22,27)(H3,23,24,29,30,31)/b13-8+,26-25?. The van der Waals surface area contributed by atoms with Crippen LogP contribution in [0.2, 0.25) is 0 Å². The van der Waals surface area contributed by atoms with E-state index in [1.54, 1.807) is 48.5 Å². The van der Waals surface area contributed by atoms with Crippen molar-refractivity contribution in [1.82, 2.24) is 15.3 Å². The number of aromatic amines is 2. The van der Waals surface area contributed by atoms with Gasteiger partial charge in [0.25, 0.3) is 11.5 Å². The lowest BCUT2D eigenvalue weighted by atomic mass is 10.1. The van der Waals surface area contributed by atoms with Crippen molar-refractivity contribution < 1.29 is 24.2 Å². The molecule has 1 aliphatic heterocycles. The maximum absolute atomic E-state index is 12.7. The molecule has 4 rings (SSSR count).